The van der Waals surface area contributed by atoms with Gasteiger partial charge in [0, 0.05) is 31.3 Å². The van der Waals surface area contributed by atoms with E-state index < -0.39 is 6.09 Å². The van der Waals surface area contributed by atoms with Gasteiger partial charge in [0.1, 0.15) is 18.2 Å². The number of anilines is 3. The number of aromatic nitrogens is 2. The lowest BCUT2D eigenvalue weighted by Crippen LogP contribution is -2.37. The van der Waals surface area contributed by atoms with Gasteiger partial charge in [-0.05, 0) is 36.8 Å². The van der Waals surface area contributed by atoms with E-state index in [1.165, 1.54) is 0 Å². The molecule has 184 valence electrons. The molecule has 2 N–H and O–H groups in total. The van der Waals surface area contributed by atoms with Crippen LogP contribution < -0.4 is 15.6 Å². The third-order valence-electron chi connectivity index (χ3n) is 5.35. The number of carbonyl (C=O) groups excluding carboxylic acids is 1. The summed E-state index contributed by atoms with van der Waals surface area (Å²) in [5.41, 5.74) is 6.18. The maximum absolute atomic E-state index is 12.1. The number of nitrogens with zero attached hydrogens (tertiary/aromatic N) is 5. The van der Waals surface area contributed by atoms with Crippen LogP contribution in [0.2, 0.25) is 0 Å². The molecule has 4 rings (SSSR count). The number of hydrogen-bond acceptors (Lipinski definition) is 9. The molecule has 36 heavy (non-hydrogen) atoms. The van der Waals surface area contributed by atoms with Gasteiger partial charge in [-0.15, -0.1) is 0 Å². The second-order valence-electron chi connectivity index (χ2n) is 8.11. The normalized spacial score (nSPS) is 13.3. The molecule has 0 aliphatic carbocycles. The molecule has 0 unspecified atom stereocenters. The molecular formula is C26H27N7O3. The topological polar surface area (TPSA) is 125 Å². The molecule has 1 amide bonds. The van der Waals surface area contributed by atoms with Crippen LogP contribution in [-0.4, -0.2) is 55.2 Å². The molecule has 0 saturated carbocycles. The lowest BCUT2D eigenvalue weighted by molar-refractivity contribution is 0.122. The zero-order valence-corrected chi connectivity index (χ0v) is 20.0. The second kappa shape index (κ2) is 12.3. The highest BCUT2D eigenvalue weighted by Gasteiger charge is 2.15. The summed E-state index contributed by atoms with van der Waals surface area (Å²) in [5.74, 6) is 1.84. The van der Waals surface area contributed by atoms with Gasteiger partial charge < -0.3 is 14.4 Å². The third kappa shape index (κ3) is 7.25. The molecule has 10 heteroatoms. The van der Waals surface area contributed by atoms with E-state index in [0.29, 0.717) is 42.5 Å². The van der Waals surface area contributed by atoms with E-state index in [0.717, 1.165) is 30.0 Å². The first-order chi connectivity index (χ1) is 17.6. The molecule has 0 atom stereocenters. The summed E-state index contributed by atoms with van der Waals surface area (Å²) >= 11 is 0. The van der Waals surface area contributed by atoms with E-state index in [1.807, 2.05) is 43.3 Å². The van der Waals surface area contributed by atoms with Gasteiger partial charge >= 0.3 is 6.09 Å². The molecule has 3 aromatic rings. The fraction of sp³-hybridized carbons (Fsp3) is 0.269. The van der Waals surface area contributed by atoms with Gasteiger partial charge in [0.15, 0.2) is 5.82 Å². The standard InChI is InChI=1S/C26H27N7O3/c1-19-3-2-4-21(15-19)18-28-32-24-16-25(33-10-13-35-14-11-33)31-23(30-24)9-12-36-26(34)29-22-7-5-20(17-27)6-8-22/h2-8,15-16,18H,9-14H2,1H3,(H,29,34)(H,30,31,32)/b28-18+. The molecule has 0 radical (unpaired) electrons. The molecule has 2 aromatic carbocycles. The number of nitrogens with one attached hydrogen (secondary N) is 2. The Bertz CT molecular complexity index is 1250. The highest BCUT2D eigenvalue weighted by Crippen LogP contribution is 2.18. The lowest BCUT2D eigenvalue weighted by atomic mass is 10.2. The van der Waals surface area contributed by atoms with E-state index in [-0.39, 0.29) is 6.61 Å². The summed E-state index contributed by atoms with van der Waals surface area (Å²) in [4.78, 5) is 23.5. The summed E-state index contributed by atoms with van der Waals surface area (Å²) in [6.45, 7) is 4.85. The highest BCUT2D eigenvalue weighted by atomic mass is 16.5. The van der Waals surface area contributed by atoms with E-state index >= 15 is 0 Å². The Morgan fingerprint density at radius 2 is 2.00 bits per heavy atom. The van der Waals surface area contributed by atoms with Crippen molar-refractivity contribution in [3.05, 3.63) is 77.1 Å². The molecule has 1 aromatic heterocycles. The van der Waals surface area contributed by atoms with Gasteiger partial charge in [-0.3, -0.25) is 10.7 Å². The number of rotatable bonds is 8. The predicted molar refractivity (Wildman–Crippen MR) is 137 cm³/mol. The fourth-order valence-electron chi connectivity index (χ4n) is 3.55. The number of hydrogen-bond donors (Lipinski definition) is 2. The van der Waals surface area contributed by atoms with Crippen molar-refractivity contribution in [2.75, 3.05) is 48.6 Å². The SMILES string of the molecule is Cc1cccc(/C=N/Nc2cc(N3CCOCC3)nc(CCOC(=O)Nc3ccc(C#N)cc3)n2)c1. The molecule has 10 nitrogen and oxygen atoms in total. The second-order valence-corrected chi connectivity index (χ2v) is 8.11. The maximum atomic E-state index is 12.1. The molecule has 1 aliphatic heterocycles. The van der Waals surface area contributed by atoms with Crippen molar-refractivity contribution in [3.8, 4) is 6.07 Å². The molecule has 1 aliphatic rings. The Labute approximate surface area is 209 Å². The fourth-order valence-corrected chi connectivity index (χ4v) is 3.55. The van der Waals surface area contributed by atoms with Crippen LogP contribution in [0.25, 0.3) is 0 Å². The maximum Gasteiger partial charge on any atom is 0.411 e. The first-order valence-electron chi connectivity index (χ1n) is 11.6. The summed E-state index contributed by atoms with van der Waals surface area (Å²) in [5, 5.41) is 15.8. The van der Waals surface area contributed by atoms with E-state index in [1.54, 1.807) is 30.5 Å². The number of amides is 1. The Morgan fingerprint density at radius 1 is 1.19 bits per heavy atom. The Balaban J connectivity index is 1.39. The minimum absolute atomic E-state index is 0.0979. The Kier molecular flexibility index (Phi) is 8.40. The number of nitriles is 1. The van der Waals surface area contributed by atoms with Crippen LogP contribution in [-0.2, 0) is 15.9 Å². The quantitative estimate of drug-likeness (QED) is 0.365. The number of morpholine rings is 1. The zero-order chi connectivity index (χ0) is 25.2. The Hall–Kier alpha value is -4.49. The van der Waals surface area contributed by atoms with Crippen LogP contribution >= 0.6 is 0 Å². The van der Waals surface area contributed by atoms with Gasteiger partial charge in [-0.2, -0.15) is 10.4 Å². The van der Waals surface area contributed by atoms with Crippen molar-refractivity contribution in [2.24, 2.45) is 5.10 Å². The summed E-state index contributed by atoms with van der Waals surface area (Å²) < 4.78 is 10.8. The summed E-state index contributed by atoms with van der Waals surface area (Å²) in [7, 11) is 0. The van der Waals surface area contributed by atoms with Crippen LogP contribution in [0.1, 0.15) is 22.5 Å². The molecule has 1 fully saturated rings. The minimum Gasteiger partial charge on any atom is -0.449 e. The van der Waals surface area contributed by atoms with Crippen molar-refractivity contribution in [3.63, 3.8) is 0 Å². The van der Waals surface area contributed by atoms with Crippen molar-refractivity contribution in [2.45, 2.75) is 13.3 Å². The average molecular weight is 486 g/mol. The molecule has 0 bridgehead atoms. The number of hydrazone groups is 1. The largest absolute Gasteiger partial charge is 0.449 e. The highest BCUT2D eigenvalue weighted by molar-refractivity contribution is 5.84. The lowest BCUT2D eigenvalue weighted by Gasteiger charge is -2.28. The number of aryl methyl sites for hydroxylation is 1. The number of ether oxygens (including phenoxy) is 2. The summed E-state index contributed by atoms with van der Waals surface area (Å²) in [6.07, 6.45) is 1.47. The monoisotopic (exact) mass is 485 g/mol. The van der Waals surface area contributed by atoms with Crippen molar-refractivity contribution < 1.29 is 14.3 Å². The first-order valence-corrected chi connectivity index (χ1v) is 11.6. The molecule has 0 spiro atoms. The number of benzene rings is 2. The molecule has 2 heterocycles. The summed E-state index contributed by atoms with van der Waals surface area (Å²) in [6, 6.07) is 18.4. The van der Waals surface area contributed by atoms with Crippen LogP contribution in [0.4, 0.5) is 22.1 Å². The van der Waals surface area contributed by atoms with Crippen LogP contribution in [0.3, 0.4) is 0 Å². The van der Waals surface area contributed by atoms with E-state index in [9.17, 15) is 4.79 Å². The van der Waals surface area contributed by atoms with Crippen LogP contribution in [0.5, 0.6) is 0 Å². The van der Waals surface area contributed by atoms with Gasteiger partial charge in [-0.25, -0.2) is 14.8 Å². The van der Waals surface area contributed by atoms with E-state index in [2.05, 4.69) is 30.7 Å². The number of carbonyl (C=O) groups is 1. The van der Waals surface area contributed by atoms with E-state index in [4.69, 9.17) is 14.7 Å². The van der Waals surface area contributed by atoms with Crippen molar-refractivity contribution in [1.82, 2.24) is 9.97 Å². The third-order valence-corrected chi connectivity index (χ3v) is 5.35. The Morgan fingerprint density at radius 3 is 2.75 bits per heavy atom. The van der Waals surface area contributed by atoms with Crippen LogP contribution in [0.15, 0.2) is 59.7 Å². The van der Waals surface area contributed by atoms with Crippen molar-refractivity contribution >= 4 is 29.6 Å². The molecular weight excluding hydrogens is 458 g/mol. The minimum atomic E-state index is -0.592. The predicted octanol–water partition coefficient (Wildman–Crippen LogP) is 3.73. The first kappa shape index (κ1) is 24.6. The average Bonchev–Trinajstić information content (AvgIpc) is 2.90. The van der Waals surface area contributed by atoms with Crippen molar-refractivity contribution in [1.29, 1.82) is 5.26 Å². The zero-order valence-electron chi connectivity index (χ0n) is 20.0. The molecule has 1 saturated heterocycles. The van der Waals surface area contributed by atoms with Gasteiger partial charge in [0.2, 0.25) is 0 Å². The van der Waals surface area contributed by atoms with Gasteiger partial charge in [0.05, 0.1) is 31.1 Å². The van der Waals surface area contributed by atoms with Gasteiger partial charge in [-0.1, -0.05) is 29.8 Å². The smallest absolute Gasteiger partial charge is 0.411 e. The van der Waals surface area contributed by atoms with Gasteiger partial charge in [0.25, 0.3) is 0 Å². The van der Waals surface area contributed by atoms with Crippen LogP contribution in [0, 0.1) is 18.3 Å².